The van der Waals surface area contributed by atoms with Crippen LogP contribution in [-0.2, 0) is 9.09 Å². The highest BCUT2D eigenvalue weighted by molar-refractivity contribution is 7.46. The molecule has 0 heterocycles. The van der Waals surface area contributed by atoms with E-state index in [9.17, 15) is 4.57 Å². The lowest BCUT2D eigenvalue weighted by Crippen LogP contribution is -2.23. The molecule has 0 aromatic rings. The van der Waals surface area contributed by atoms with Gasteiger partial charge in [0.2, 0.25) is 0 Å². The summed E-state index contributed by atoms with van der Waals surface area (Å²) in [5, 5.41) is 8.56. The number of rotatable bonds is 4. The highest BCUT2D eigenvalue weighted by Crippen LogP contribution is 2.35. The largest absolute Gasteiger partial charge is 0.469 e. The number of phosphoric ester groups is 1. The molecule has 0 aliphatic rings. The van der Waals surface area contributed by atoms with Gasteiger partial charge in [-0.3, -0.25) is 9.42 Å². The predicted octanol–water partition coefficient (Wildman–Crippen LogP) is 0.168. The van der Waals surface area contributed by atoms with Crippen molar-refractivity contribution in [3.8, 4) is 0 Å². The third kappa shape index (κ3) is 17.8. The molecule has 7 heteroatoms. The maximum absolute atomic E-state index is 9.81. The molecule has 0 spiro atoms. The fraction of sp³-hybridized carbons (Fsp3) is 0.714. The van der Waals surface area contributed by atoms with Crippen LogP contribution >= 0.6 is 7.82 Å². The first-order valence-electron chi connectivity index (χ1n) is 3.86. The van der Waals surface area contributed by atoms with Crippen molar-refractivity contribution in [1.82, 2.24) is 4.90 Å². The number of aliphatic hydroxyl groups excluding tert-OH is 1. The molecule has 0 aromatic carbocycles. The van der Waals surface area contributed by atoms with E-state index in [-0.39, 0.29) is 12.8 Å². The van der Waals surface area contributed by atoms with Gasteiger partial charge in [-0.15, -0.1) is 6.58 Å². The van der Waals surface area contributed by atoms with Crippen LogP contribution in [0.3, 0.4) is 0 Å². The number of hydrogen-bond acceptors (Lipinski definition) is 4. The van der Waals surface area contributed by atoms with E-state index in [4.69, 9.17) is 14.9 Å². The van der Waals surface area contributed by atoms with E-state index in [2.05, 4.69) is 11.1 Å². The van der Waals surface area contributed by atoms with Crippen molar-refractivity contribution >= 4 is 7.82 Å². The predicted molar refractivity (Wildman–Crippen MR) is 53.6 cm³/mol. The van der Waals surface area contributed by atoms with Gasteiger partial charge in [0, 0.05) is 0 Å². The molecule has 86 valence electrons. The van der Waals surface area contributed by atoms with Gasteiger partial charge in [0.05, 0.1) is 6.61 Å². The summed E-state index contributed by atoms with van der Waals surface area (Å²) in [6.45, 7) is 4.80. The van der Waals surface area contributed by atoms with E-state index in [0.29, 0.717) is 0 Å². The van der Waals surface area contributed by atoms with Gasteiger partial charge in [-0.05, 0) is 21.0 Å². The van der Waals surface area contributed by atoms with Gasteiger partial charge in [-0.2, -0.15) is 0 Å². The van der Waals surface area contributed by atoms with Crippen molar-refractivity contribution in [3.05, 3.63) is 12.7 Å². The molecule has 0 saturated carbocycles. The summed E-state index contributed by atoms with van der Waals surface area (Å²) in [6.07, 6.45) is 0.948. The van der Waals surface area contributed by atoms with Gasteiger partial charge in [-0.25, -0.2) is 4.57 Å². The van der Waals surface area contributed by atoms with Crippen LogP contribution in [0.4, 0.5) is 0 Å². The standard InChI is InChI=1S/C4H11NO.C3H7O4P/c1-4(6)5(2)3;1-2-3-7-8(4,5)6/h4,6H,1-3H3;2H,1,3H2,(H2,4,5,6). The summed E-state index contributed by atoms with van der Waals surface area (Å²) in [4.78, 5) is 17.7. The number of phosphoric acid groups is 1. The number of aliphatic hydroxyl groups is 1. The lowest BCUT2D eigenvalue weighted by atomic mass is 10.6. The molecule has 0 bridgehead atoms. The Balaban J connectivity index is 0. The lowest BCUT2D eigenvalue weighted by Gasteiger charge is -2.11. The first-order valence-corrected chi connectivity index (χ1v) is 5.39. The maximum Gasteiger partial charge on any atom is 0.469 e. The third-order valence-corrected chi connectivity index (χ3v) is 1.59. The molecule has 14 heavy (non-hydrogen) atoms. The monoisotopic (exact) mass is 227 g/mol. The van der Waals surface area contributed by atoms with Crippen LogP contribution in [0, 0.1) is 0 Å². The summed E-state index contributed by atoms with van der Waals surface area (Å²) in [5.41, 5.74) is 0. The van der Waals surface area contributed by atoms with Crippen LogP contribution in [0.15, 0.2) is 12.7 Å². The summed E-state index contributed by atoms with van der Waals surface area (Å²) in [7, 11) is -0.605. The van der Waals surface area contributed by atoms with E-state index in [1.165, 1.54) is 6.08 Å². The Bertz CT molecular complexity index is 183. The molecule has 0 amide bonds. The molecule has 0 fully saturated rings. The van der Waals surface area contributed by atoms with Crippen LogP contribution in [0.25, 0.3) is 0 Å². The first-order chi connectivity index (χ1) is 6.20. The van der Waals surface area contributed by atoms with Crippen molar-refractivity contribution in [3.63, 3.8) is 0 Å². The van der Waals surface area contributed by atoms with E-state index >= 15 is 0 Å². The zero-order valence-corrected chi connectivity index (χ0v) is 9.52. The minimum absolute atomic E-state index is 0.121. The van der Waals surface area contributed by atoms with Crippen molar-refractivity contribution in [2.75, 3.05) is 20.7 Å². The second-order valence-corrected chi connectivity index (χ2v) is 3.91. The third-order valence-electron chi connectivity index (χ3n) is 1.11. The second-order valence-electron chi connectivity index (χ2n) is 2.67. The Kier molecular flexibility index (Phi) is 9.39. The van der Waals surface area contributed by atoms with Gasteiger partial charge >= 0.3 is 7.82 Å². The Morgan fingerprint density at radius 1 is 1.57 bits per heavy atom. The quantitative estimate of drug-likeness (QED) is 0.360. The van der Waals surface area contributed by atoms with E-state index in [0.717, 1.165) is 0 Å². The molecule has 6 nitrogen and oxygen atoms in total. The zero-order chi connectivity index (χ0) is 11.8. The molecule has 0 radical (unpaired) electrons. The molecular formula is C7H18NO5P. The first kappa shape index (κ1) is 16.2. The average Bonchev–Trinajstić information content (AvgIpc) is 2.00. The van der Waals surface area contributed by atoms with Gasteiger partial charge in [0.1, 0.15) is 6.23 Å². The van der Waals surface area contributed by atoms with Crippen LogP contribution in [0.1, 0.15) is 6.92 Å². The zero-order valence-electron chi connectivity index (χ0n) is 8.62. The summed E-state index contributed by atoms with van der Waals surface area (Å²) in [6, 6.07) is 0. The van der Waals surface area contributed by atoms with E-state index in [1.54, 1.807) is 11.8 Å². The Morgan fingerprint density at radius 2 is 1.93 bits per heavy atom. The Morgan fingerprint density at radius 3 is 2.00 bits per heavy atom. The Hall–Kier alpha value is -0.230. The molecule has 1 unspecified atom stereocenters. The highest BCUT2D eigenvalue weighted by atomic mass is 31.2. The molecule has 0 rings (SSSR count). The number of hydrogen-bond donors (Lipinski definition) is 3. The summed E-state index contributed by atoms with van der Waals surface area (Å²) >= 11 is 0. The number of nitrogens with zero attached hydrogens (tertiary/aromatic N) is 1. The van der Waals surface area contributed by atoms with E-state index < -0.39 is 7.82 Å². The van der Waals surface area contributed by atoms with Gasteiger partial charge < -0.3 is 14.9 Å². The van der Waals surface area contributed by atoms with E-state index in [1.807, 2.05) is 14.1 Å². The van der Waals surface area contributed by atoms with Crippen LogP contribution in [0.5, 0.6) is 0 Å². The fourth-order valence-corrected chi connectivity index (χ4v) is 0.449. The smallest absolute Gasteiger partial charge is 0.379 e. The van der Waals surface area contributed by atoms with Crippen LogP contribution in [-0.4, -0.2) is 46.7 Å². The fourth-order valence-electron chi connectivity index (χ4n) is 0.150. The molecule has 0 aliphatic heterocycles. The topological polar surface area (TPSA) is 90.2 Å². The lowest BCUT2D eigenvalue weighted by molar-refractivity contribution is 0.0578. The normalized spacial score (nSPS) is 13.1. The average molecular weight is 227 g/mol. The van der Waals surface area contributed by atoms with Gasteiger partial charge in [-0.1, -0.05) is 6.08 Å². The highest BCUT2D eigenvalue weighted by Gasteiger charge is 2.10. The molecule has 0 saturated heterocycles. The van der Waals surface area contributed by atoms with Crippen molar-refractivity contribution < 1.29 is 24.0 Å². The van der Waals surface area contributed by atoms with Gasteiger partial charge in [0.15, 0.2) is 0 Å². The summed E-state index contributed by atoms with van der Waals surface area (Å²) in [5.74, 6) is 0. The molecule has 1 atom stereocenters. The summed E-state index contributed by atoms with van der Waals surface area (Å²) < 4.78 is 13.7. The second kappa shape index (κ2) is 8.11. The molecule has 0 aromatic heterocycles. The minimum Gasteiger partial charge on any atom is -0.379 e. The van der Waals surface area contributed by atoms with Crippen molar-refractivity contribution in [1.29, 1.82) is 0 Å². The van der Waals surface area contributed by atoms with Crippen molar-refractivity contribution in [2.45, 2.75) is 13.2 Å². The van der Waals surface area contributed by atoms with Gasteiger partial charge in [0.25, 0.3) is 0 Å². The molecule has 3 N–H and O–H groups in total. The maximum atomic E-state index is 9.81. The SMILES string of the molecule is C=CCOP(=O)(O)O.CC(O)N(C)C. The minimum atomic E-state index is -4.25. The molecule has 0 aliphatic carbocycles. The van der Waals surface area contributed by atoms with Crippen LogP contribution in [0.2, 0.25) is 0 Å². The van der Waals surface area contributed by atoms with Crippen LogP contribution < -0.4 is 0 Å². The Labute approximate surface area is 84.1 Å². The van der Waals surface area contributed by atoms with Crippen molar-refractivity contribution in [2.24, 2.45) is 0 Å². The molecular weight excluding hydrogens is 209 g/mol.